The fourth-order valence-corrected chi connectivity index (χ4v) is 4.26. The average Bonchev–Trinajstić information content (AvgIpc) is 2.79. The van der Waals surface area contributed by atoms with Gasteiger partial charge in [-0.25, -0.2) is 9.97 Å². The summed E-state index contributed by atoms with van der Waals surface area (Å²) in [6, 6.07) is 10.8. The molecule has 0 bridgehead atoms. The summed E-state index contributed by atoms with van der Waals surface area (Å²) < 4.78 is 0. The van der Waals surface area contributed by atoms with E-state index < -0.39 is 0 Å². The molecule has 148 valence electrons. The zero-order valence-electron chi connectivity index (χ0n) is 16.6. The van der Waals surface area contributed by atoms with E-state index >= 15 is 0 Å². The number of carbonyl (C=O) groups is 1. The Morgan fingerprint density at radius 3 is 2.32 bits per heavy atom. The molecule has 6 nitrogen and oxygen atoms in total. The number of rotatable bonds is 4. The van der Waals surface area contributed by atoms with Gasteiger partial charge in [0.2, 0.25) is 5.95 Å². The monoisotopic (exact) mass is 379 g/mol. The molecule has 2 aromatic rings. The first-order valence-electron chi connectivity index (χ1n) is 10.4. The van der Waals surface area contributed by atoms with E-state index in [4.69, 9.17) is 0 Å². The van der Waals surface area contributed by atoms with Crippen LogP contribution in [-0.4, -0.2) is 59.5 Å². The maximum Gasteiger partial charge on any atom is 0.257 e. The lowest BCUT2D eigenvalue weighted by atomic mass is 9.99. The fourth-order valence-electron chi connectivity index (χ4n) is 4.26. The van der Waals surface area contributed by atoms with Gasteiger partial charge in [-0.3, -0.25) is 4.79 Å². The van der Waals surface area contributed by atoms with Gasteiger partial charge in [-0.05, 0) is 37.8 Å². The molecule has 0 saturated carbocycles. The second-order valence-corrected chi connectivity index (χ2v) is 7.64. The molecule has 2 saturated heterocycles. The van der Waals surface area contributed by atoms with Gasteiger partial charge in [0, 0.05) is 56.8 Å². The van der Waals surface area contributed by atoms with E-state index in [0.717, 1.165) is 57.9 Å². The Morgan fingerprint density at radius 2 is 1.64 bits per heavy atom. The number of likely N-dealkylation sites (tertiary alicyclic amines) is 1. The van der Waals surface area contributed by atoms with Crippen LogP contribution in [-0.2, 0) is 0 Å². The number of piperidine rings is 1. The van der Waals surface area contributed by atoms with Gasteiger partial charge in [0.15, 0.2) is 0 Å². The van der Waals surface area contributed by atoms with Crippen LogP contribution in [0.3, 0.4) is 0 Å². The van der Waals surface area contributed by atoms with Crippen molar-refractivity contribution in [3.05, 3.63) is 48.3 Å². The number of nitrogens with zero attached hydrogens (tertiary/aromatic N) is 5. The summed E-state index contributed by atoms with van der Waals surface area (Å²) >= 11 is 0. The number of piperazine rings is 1. The van der Waals surface area contributed by atoms with Crippen LogP contribution < -0.4 is 9.80 Å². The van der Waals surface area contributed by atoms with Crippen molar-refractivity contribution in [2.75, 3.05) is 42.5 Å². The molecule has 2 fully saturated rings. The second kappa shape index (κ2) is 8.59. The molecule has 0 radical (unpaired) electrons. The van der Waals surface area contributed by atoms with Crippen molar-refractivity contribution in [1.29, 1.82) is 0 Å². The van der Waals surface area contributed by atoms with Crippen molar-refractivity contribution in [3.8, 4) is 0 Å². The van der Waals surface area contributed by atoms with E-state index in [2.05, 4.69) is 51.0 Å². The first kappa shape index (κ1) is 18.7. The topological polar surface area (TPSA) is 52.6 Å². The number of anilines is 2. The third-order valence-electron chi connectivity index (χ3n) is 5.93. The quantitative estimate of drug-likeness (QED) is 0.816. The largest absolute Gasteiger partial charge is 0.368 e. The lowest BCUT2D eigenvalue weighted by molar-refractivity contribution is 0.0607. The van der Waals surface area contributed by atoms with E-state index in [9.17, 15) is 4.79 Å². The molecule has 1 unspecified atom stereocenters. The van der Waals surface area contributed by atoms with Crippen molar-refractivity contribution in [1.82, 2.24) is 14.9 Å². The molecule has 3 heterocycles. The van der Waals surface area contributed by atoms with E-state index in [1.165, 1.54) is 12.1 Å². The van der Waals surface area contributed by atoms with Gasteiger partial charge in [-0.15, -0.1) is 0 Å². The smallest absolute Gasteiger partial charge is 0.257 e. The lowest BCUT2D eigenvalue weighted by Crippen LogP contribution is -2.47. The summed E-state index contributed by atoms with van der Waals surface area (Å²) in [5.41, 5.74) is 1.86. The van der Waals surface area contributed by atoms with Gasteiger partial charge in [0.05, 0.1) is 5.56 Å². The molecule has 0 aliphatic carbocycles. The van der Waals surface area contributed by atoms with E-state index in [1.54, 1.807) is 12.4 Å². The Balaban J connectivity index is 1.38. The molecule has 28 heavy (non-hydrogen) atoms. The van der Waals surface area contributed by atoms with Gasteiger partial charge in [0.1, 0.15) is 0 Å². The summed E-state index contributed by atoms with van der Waals surface area (Å²) in [4.78, 5) is 28.5. The molecule has 1 atom stereocenters. The Kier molecular flexibility index (Phi) is 5.74. The molecule has 4 rings (SSSR count). The molecule has 6 heteroatoms. The normalized spacial score (nSPS) is 20.3. The van der Waals surface area contributed by atoms with Crippen LogP contribution in [0.1, 0.15) is 43.0 Å². The number of hydrogen-bond donors (Lipinski definition) is 0. The number of benzene rings is 1. The summed E-state index contributed by atoms with van der Waals surface area (Å²) in [7, 11) is 0. The van der Waals surface area contributed by atoms with Crippen molar-refractivity contribution >= 4 is 17.5 Å². The highest BCUT2D eigenvalue weighted by Crippen LogP contribution is 2.22. The summed E-state index contributed by atoms with van der Waals surface area (Å²) in [5.74, 6) is 0.793. The zero-order chi connectivity index (χ0) is 19.3. The van der Waals surface area contributed by atoms with E-state index in [1.807, 2.05) is 11.0 Å². The third kappa shape index (κ3) is 3.96. The molecular weight excluding hydrogens is 350 g/mol. The maximum atomic E-state index is 12.9. The van der Waals surface area contributed by atoms with Gasteiger partial charge in [0.25, 0.3) is 5.91 Å². The number of para-hydroxylation sites is 1. The number of amides is 1. The molecule has 1 amide bonds. The van der Waals surface area contributed by atoms with Crippen LogP contribution >= 0.6 is 0 Å². The minimum atomic E-state index is 0.0759. The molecule has 1 aromatic heterocycles. The lowest BCUT2D eigenvalue weighted by Gasteiger charge is -2.36. The molecule has 1 aromatic carbocycles. The van der Waals surface area contributed by atoms with Gasteiger partial charge < -0.3 is 14.7 Å². The highest BCUT2D eigenvalue weighted by atomic mass is 16.2. The predicted molar refractivity (Wildman–Crippen MR) is 112 cm³/mol. The summed E-state index contributed by atoms with van der Waals surface area (Å²) in [6.07, 6.45) is 7.83. The minimum Gasteiger partial charge on any atom is -0.368 e. The van der Waals surface area contributed by atoms with E-state index in [-0.39, 0.29) is 5.91 Å². The summed E-state index contributed by atoms with van der Waals surface area (Å²) in [5, 5.41) is 0. The second-order valence-electron chi connectivity index (χ2n) is 7.64. The molecule has 2 aliphatic heterocycles. The third-order valence-corrected chi connectivity index (χ3v) is 5.93. The first-order valence-corrected chi connectivity index (χ1v) is 10.4. The predicted octanol–water partition coefficient (Wildman–Crippen LogP) is 3.21. The zero-order valence-corrected chi connectivity index (χ0v) is 16.6. The molecule has 0 spiro atoms. The Hall–Kier alpha value is -2.63. The van der Waals surface area contributed by atoms with Crippen LogP contribution in [0.2, 0.25) is 0 Å². The molecule has 0 N–H and O–H groups in total. The van der Waals surface area contributed by atoms with Crippen LogP contribution in [0.25, 0.3) is 0 Å². The highest BCUT2D eigenvalue weighted by molar-refractivity contribution is 5.94. The Morgan fingerprint density at radius 1 is 0.964 bits per heavy atom. The van der Waals surface area contributed by atoms with Crippen molar-refractivity contribution in [2.45, 2.75) is 38.6 Å². The van der Waals surface area contributed by atoms with Gasteiger partial charge >= 0.3 is 0 Å². The van der Waals surface area contributed by atoms with Crippen LogP contribution in [0.4, 0.5) is 11.6 Å². The summed E-state index contributed by atoms with van der Waals surface area (Å²) in [6.45, 7) is 6.66. The van der Waals surface area contributed by atoms with Crippen molar-refractivity contribution in [2.24, 2.45) is 0 Å². The van der Waals surface area contributed by atoms with Crippen LogP contribution in [0, 0.1) is 0 Å². The molecule has 2 aliphatic rings. The standard InChI is InChI=1S/C22H29N5O/c1-2-19-8-6-7-11-27(19)21(28)18-16-23-22(24-17-18)26-14-12-25(13-15-26)20-9-4-3-5-10-20/h3-5,9-10,16-17,19H,2,6-8,11-15H2,1H3. The molecular formula is C22H29N5O. The SMILES string of the molecule is CCC1CCCCN1C(=O)c1cnc(N2CCN(c3ccccc3)CC2)nc1. The number of aromatic nitrogens is 2. The average molecular weight is 380 g/mol. The Bertz CT molecular complexity index is 771. The maximum absolute atomic E-state index is 12.9. The first-order chi connectivity index (χ1) is 13.8. The minimum absolute atomic E-state index is 0.0759. The van der Waals surface area contributed by atoms with Gasteiger partial charge in [-0.1, -0.05) is 25.1 Å². The number of carbonyl (C=O) groups excluding carboxylic acids is 1. The van der Waals surface area contributed by atoms with Crippen LogP contribution in [0.5, 0.6) is 0 Å². The fraction of sp³-hybridized carbons (Fsp3) is 0.500. The van der Waals surface area contributed by atoms with Crippen molar-refractivity contribution < 1.29 is 4.79 Å². The highest BCUT2D eigenvalue weighted by Gasteiger charge is 2.27. The van der Waals surface area contributed by atoms with Crippen LogP contribution in [0.15, 0.2) is 42.7 Å². The van der Waals surface area contributed by atoms with Gasteiger partial charge in [-0.2, -0.15) is 0 Å². The Labute approximate surface area is 167 Å². The van der Waals surface area contributed by atoms with E-state index in [0.29, 0.717) is 11.6 Å². The number of hydrogen-bond acceptors (Lipinski definition) is 5. The van der Waals surface area contributed by atoms with Crippen molar-refractivity contribution in [3.63, 3.8) is 0 Å².